The fourth-order valence-electron chi connectivity index (χ4n) is 4.77. The van der Waals surface area contributed by atoms with E-state index < -0.39 is 16.0 Å². The van der Waals surface area contributed by atoms with Gasteiger partial charge in [0.05, 0.1) is 25.7 Å². The summed E-state index contributed by atoms with van der Waals surface area (Å²) in [6.45, 7) is 5.65. The molecule has 3 fully saturated rings. The molecule has 3 aliphatic heterocycles. The lowest BCUT2D eigenvalue weighted by Crippen LogP contribution is -2.54. The smallest absolute Gasteiger partial charge is 0.282 e. The number of hydrogen-bond acceptors (Lipinski definition) is 6. The van der Waals surface area contributed by atoms with E-state index in [4.69, 9.17) is 14.2 Å². The molecule has 1 aromatic carbocycles. The first-order valence-corrected chi connectivity index (χ1v) is 13.3. The van der Waals surface area contributed by atoms with Crippen LogP contribution in [0.1, 0.15) is 38.2 Å². The van der Waals surface area contributed by atoms with Gasteiger partial charge in [0, 0.05) is 45.6 Å². The Hall–Kier alpha value is -1.72. The van der Waals surface area contributed by atoms with E-state index in [1.54, 1.807) is 0 Å². The van der Waals surface area contributed by atoms with Crippen LogP contribution in [0, 0.1) is 5.92 Å². The summed E-state index contributed by atoms with van der Waals surface area (Å²) in [7, 11) is -3.61. The van der Waals surface area contributed by atoms with Crippen LogP contribution in [0.5, 0.6) is 5.75 Å². The fraction of sp³-hybridized carbons (Fsp3) is 0.696. The fourth-order valence-corrected chi connectivity index (χ4v) is 6.46. The van der Waals surface area contributed by atoms with E-state index in [0.717, 1.165) is 11.3 Å². The van der Waals surface area contributed by atoms with Crippen LogP contribution in [0.4, 0.5) is 0 Å². The molecule has 0 radical (unpaired) electrons. The highest BCUT2D eigenvalue weighted by atomic mass is 32.2. The van der Waals surface area contributed by atoms with Crippen molar-refractivity contribution >= 4 is 16.1 Å². The number of hydrogen-bond donors (Lipinski definition) is 1. The van der Waals surface area contributed by atoms with E-state index in [-0.39, 0.29) is 18.4 Å². The number of carbonyl (C=O) groups excluding carboxylic acids is 1. The first-order valence-electron chi connectivity index (χ1n) is 11.9. The Morgan fingerprint density at radius 3 is 2.48 bits per heavy atom. The molecular weight excluding hydrogens is 446 g/mol. The van der Waals surface area contributed by atoms with E-state index >= 15 is 0 Å². The summed E-state index contributed by atoms with van der Waals surface area (Å²) >= 11 is 0. The van der Waals surface area contributed by atoms with Crippen LogP contribution in [-0.4, -0.2) is 81.3 Å². The summed E-state index contributed by atoms with van der Waals surface area (Å²) in [4.78, 5) is 12.7. The number of carbonyl (C=O) groups is 1. The Morgan fingerprint density at radius 1 is 1.12 bits per heavy atom. The molecule has 33 heavy (non-hydrogen) atoms. The number of rotatable bonds is 8. The van der Waals surface area contributed by atoms with E-state index in [0.29, 0.717) is 78.1 Å². The summed E-state index contributed by atoms with van der Waals surface area (Å²) in [5, 5.41) is 2.99. The van der Waals surface area contributed by atoms with Crippen molar-refractivity contribution < 1.29 is 27.4 Å². The normalized spacial score (nSPS) is 24.1. The molecule has 0 bridgehead atoms. The van der Waals surface area contributed by atoms with Crippen LogP contribution in [-0.2, 0) is 30.9 Å². The topological polar surface area (TPSA) is 97.4 Å². The predicted molar refractivity (Wildman–Crippen MR) is 123 cm³/mol. The van der Waals surface area contributed by atoms with Crippen molar-refractivity contribution in [3.63, 3.8) is 0 Å². The van der Waals surface area contributed by atoms with Gasteiger partial charge >= 0.3 is 0 Å². The van der Waals surface area contributed by atoms with Gasteiger partial charge in [0.25, 0.3) is 10.2 Å². The Bertz CT molecular complexity index is 891. The van der Waals surface area contributed by atoms with Gasteiger partial charge in [-0.15, -0.1) is 0 Å². The Kier molecular flexibility index (Phi) is 7.91. The maximum atomic E-state index is 13.2. The monoisotopic (exact) mass is 481 g/mol. The molecule has 184 valence electrons. The van der Waals surface area contributed by atoms with E-state index in [9.17, 15) is 13.2 Å². The minimum atomic E-state index is -3.61. The standard InChI is InChI=1S/C23H35N3O6S/c1-2-30-21-7-5-19(6-8-21)9-12-24-22(27)20-4-3-13-26(18-20)33(28,29)25-14-10-23(11-15-25)31-16-17-32-23/h5-8,20H,2-4,9-18H2,1H3,(H,24,27)/t20-/m0/s1. The van der Waals surface area contributed by atoms with Gasteiger partial charge in [-0.2, -0.15) is 17.0 Å². The second kappa shape index (κ2) is 10.7. The van der Waals surface area contributed by atoms with Gasteiger partial charge in [-0.1, -0.05) is 12.1 Å². The summed E-state index contributed by atoms with van der Waals surface area (Å²) < 4.78 is 46.3. The van der Waals surface area contributed by atoms with Crippen molar-refractivity contribution in [2.24, 2.45) is 5.92 Å². The molecular formula is C23H35N3O6S. The molecule has 0 aromatic heterocycles. The maximum Gasteiger partial charge on any atom is 0.282 e. The van der Waals surface area contributed by atoms with Crippen LogP contribution in [0.2, 0.25) is 0 Å². The van der Waals surface area contributed by atoms with Crippen molar-refractivity contribution in [3.8, 4) is 5.75 Å². The summed E-state index contributed by atoms with van der Waals surface area (Å²) in [6.07, 6.45) is 3.17. The molecule has 3 saturated heterocycles. The number of ether oxygens (including phenoxy) is 3. The van der Waals surface area contributed by atoms with Crippen molar-refractivity contribution in [1.82, 2.24) is 13.9 Å². The average Bonchev–Trinajstić information content (AvgIpc) is 3.28. The number of nitrogens with one attached hydrogen (secondary N) is 1. The lowest BCUT2D eigenvalue weighted by atomic mass is 9.99. The average molecular weight is 482 g/mol. The Morgan fingerprint density at radius 2 is 1.82 bits per heavy atom. The van der Waals surface area contributed by atoms with Crippen molar-refractivity contribution in [2.45, 2.75) is 44.8 Å². The molecule has 1 spiro atoms. The zero-order chi connectivity index (χ0) is 23.3. The maximum absolute atomic E-state index is 13.2. The summed E-state index contributed by atoms with van der Waals surface area (Å²) in [5.74, 6) is -0.182. The molecule has 3 heterocycles. The van der Waals surface area contributed by atoms with Crippen LogP contribution in [0.25, 0.3) is 0 Å². The molecule has 9 nitrogen and oxygen atoms in total. The highest BCUT2D eigenvalue weighted by Crippen LogP contribution is 2.33. The van der Waals surface area contributed by atoms with Crippen molar-refractivity contribution in [2.75, 3.05) is 52.5 Å². The molecule has 1 amide bonds. The van der Waals surface area contributed by atoms with E-state index in [1.165, 1.54) is 8.61 Å². The molecule has 3 aliphatic rings. The van der Waals surface area contributed by atoms with Crippen molar-refractivity contribution in [1.29, 1.82) is 0 Å². The van der Waals surface area contributed by atoms with Gasteiger partial charge in [-0.3, -0.25) is 4.79 Å². The first kappa shape index (κ1) is 24.4. The second-order valence-electron chi connectivity index (χ2n) is 8.83. The van der Waals surface area contributed by atoms with Crippen LogP contribution < -0.4 is 10.1 Å². The first-order chi connectivity index (χ1) is 15.9. The largest absolute Gasteiger partial charge is 0.494 e. The number of nitrogens with zero attached hydrogens (tertiary/aromatic N) is 2. The Labute approximate surface area is 196 Å². The minimum absolute atomic E-state index is 0.0776. The zero-order valence-electron chi connectivity index (χ0n) is 19.3. The third-order valence-corrected chi connectivity index (χ3v) is 8.65. The molecule has 0 aliphatic carbocycles. The highest BCUT2D eigenvalue weighted by Gasteiger charge is 2.44. The van der Waals surface area contributed by atoms with Gasteiger partial charge in [-0.05, 0) is 43.9 Å². The number of amides is 1. The summed E-state index contributed by atoms with van der Waals surface area (Å²) in [5.41, 5.74) is 1.12. The molecule has 0 saturated carbocycles. The van der Waals surface area contributed by atoms with Gasteiger partial charge in [0.15, 0.2) is 5.79 Å². The zero-order valence-corrected chi connectivity index (χ0v) is 20.1. The third kappa shape index (κ3) is 5.86. The second-order valence-corrected chi connectivity index (χ2v) is 10.8. The minimum Gasteiger partial charge on any atom is -0.494 e. The van der Waals surface area contributed by atoms with Gasteiger partial charge in [-0.25, -0.2) is 0 Å². The predicted octanol–water partition coefficient (Wildman–Crippen LogP) is 1.54. The van der Waals surface area contributed by atoms with Crippen LogP contribution in [0.15, 0.2) is 24.3 Å². The molecule has 4 rings (SSSR count). The van der Waals surface area contributed by atoms with Crippen LogP contribution in [0.3, 0.4) is 0 Å². The lowest BCUT2D eigenvalue weighted by molar-refractivity contribution is -0.179. The third-order valence-electron chi connectivity index (χ3n) is 6.65. The molecule has 1 aromatic rings. The molecule has 1 atom stereocenters. The Balaban J connectivity index is 1.25. The number of benzene rings is 1. The summed E-state index contributed by atoms with van der Waals surface area (Å²) in [6, 6.07) is 7.85. The highest BCUT2D eigenvalue weighted by molar-refractivity contribution is 7.86. The SMILES string of the molecule is CCOc1ccc(CCNC(=O)[C@H]2CCCN(S(=O)(=O)N3CCC4(CC3)OCCO4)C2)cc1. The quantitative estimate of drug-likeness (QED) is 0.605. The number of piperidine rings is 2. The van der Waals surface area contributed by atoms with Gasteiger partial charge < -0.3 is 19.5 Å². The lowest BCUT2D eigenvalue weighted by Gasteiger charge is -2.40. The molecule has 10 heteroatoms. The van der Waals surface area contributed by atoms with Crippen LogP contribution >= 0.6 is 0 Å². The van der Waals surface area contributed by atoms with E-state index in [2.05, 4.69) is 5.32 Å². The molecule has 0 unspecified atom stereocenters. The molecule has 1 N–H and O–H groups in total. The van der Waals surface area contributed by atoms with Crippen molar-refractivity contribution in [3.05, 3.63) is 29.8 Å². The van der Waals surface area contributed by atoms with E-state index in [1.807, 2.05) is 31.2 Å². The van der Waals surface area contributed by atoms with Gasteiger partial charge in [0.2, 0.25) is 5.91 Å². The van der Waals surface area contributed by atoms with Gasteiger partial charge in [0.1, 0.15) is 5.75 Å².